The molecule has 0 radical (unpaired) electrons. The summed E-state index contributed by atoms with van der Waals surface area (Å²) < 4.78 is 6.00. The average molecular weight is 395 g/mol. The SMILES string of the molecule is CCN1CCN(CCOc2ccc(CN3CCCC3c3cccnc3)cc2)CC1. The summed E-state index contributed by atoms with van der Waals surface area (Å²) in [7, 11) is 0. The number of rotatable bonds is 8. The molecule has 29 heavy (non-hydrogen) atoms. The van der Waals surface area contributed by atoms with Crippen molar-refractivity contribution in [3.63, 3.8) is 0 Å². The van der Waals surface area contributed by atoms with E-state index in [0.717, 1.165) is 51.6 Å². The summed E-state index contributed by atoms with van der Waals surface area (Å²) in [6.07, 6.45) is 6.35. The van der Waals surface area contributed by atoms with E-state index in [2.05, 4.69) is 56.9 Å². The molecule has 0 spiro atoms. The number of benzene rings is 1. The number of ether oxygens (including phenoxy) is 1. The van der Waals surface area contributed by atoms with Gasteiger partial charge in [0.1, 0.15) is 12.4 Å². The molecule has 3 heterocycles. The zero-order valence-corrected chi connectivity index (χ0v) is 17.7. The van der Waals surface area contributed by atoms with E-state index >= 15 is 0 Å². The second kappa shape index (κ2) is 10.2. The molecule has 4 rings (SSSR count). The molecule has 1 unspecified atom stereocenters. The quantitative estimate of drug-likeness (QED) is 0.685. The van der Waals surface area contributed by atoms with Crippen LogP contribution in [0.1, 0.15) is 36.9 Å². The predicted octanol–water partition coefficient (Wildman–Crippen LogP) is 3.44. The van der Waals surface area contributed by atoms with Gasteiger partial charge in [0, 0.05) is 57.7 Å². The molecular formula is C24H34N4O. The van der Waals surface area contributed by atoms with E-state index in [1.54, 1.807) is 0 Å². The Balaban J connectivity index is 1.23. The number of likely N-dealkylation sites (N-methyl/N-ethyl adjacent to an activating group) is 1. The van der Waals surface area contributed by atoms with Crippen LogP contribution >= 0.6 is 0 Å². The minimum Gasteiger partial charge on any atom is -0.492 e. The van der Waals surface area contributed by atoms with Gasteiger partial charge in [0.15, 0.2) is 0 Å². The molecule has 2 aromatic rings. The van der Waals surface area contributed by atoms with Crippen molar-refractivity contribution in [2.75, 3.05) is 52.4 Å². The van der Waals surface area contributed by atoms with E-state index in [-0.39, 0.29) is 0 Å². The fourth-order valence-electron chi connectivity index (χ4n) is 4.51. The van der Waals surface area contributed by atoms with Crippen LogP contribution in [0.15, 0.2) is 48.8 Å². The van der Waals surface area contributed by atoms with Gasteiger partial charge in [-0.3, -0.25) is 14.8 Å². The molecule has 0 saturated carbocycles. The minimum atomic E-state index is 0.493. The van der Waals surface area contributed by atoms with Gasteiger partial charge in [0.2, 0.25) is 0 Å². The Bertz CT molecular complexity index is 728. The van der Waals surface area contributed by atoms with Gasteiger partial charge in [0.05, 0.1) is 0 Å². The van der Waals surface area contributed by atoms with Crippen LogP contribution < -0.4 is 4.74 Å². The van der Waals surface area contributed by atoms with E-state index in [1.807, 2.05) is 18.5 Å². The van der Waals surface area contributed by atoms with Crippen molar-refractivity contribution in [3.05, 3.63) is 59.9 Å². The van der Waals surface area contributed by atoms with Gasteiger partial charge in [-0.15, -0.1) is 0 Å². The van der Waals surface area contributed by atoms with E-state index in [0.29, 0.717) is 6.04 Å². The Morgan fingerprint density at radius 1 is 1.00 bits per heavy atom. The zero-order chi connectivity index (χ0) is 19.9. The maximum Gasteiger partial charge on any atom is 0.119 e. The van der Waals surface area contributed by atoms with Crippen LogP contribution in [0.4, 0.5) is 0 Å². The van der Waals surface area contributed by atoms with Gasteiger partial charge in [-0.05, 0) is 55.3 Å². The summed E-state index contributed by atoms with van der Waals surface area (Å²) in [5.41, 5.74) is 2.69. The number of hydrogen-bond donors (Lipinski definition) is 0. The molecule has 0 amide bonds. The normalized spacial score (nSPS) is 21.5. The second-order valence-corrected chi connectivity index (χ2v) is 8.18. The molecule has 0 bridgehead atoms. The fourth-order valence-corrected chi connectivity index (χ4v) is 4.51. The highest BCUT2D eigenvalue weighted by atomic mass is 16.5. The largest absolute Gasteiger partial charge is 0.492 e. The van der Waals surface area contributed by atoms with Crippen molar-refractivity contribution >= 4 is 0 Å². The smallest absolute Gasteiger partial charge is 0.119 e. The molecular weight excluding hydrogens is 360 g/mol. The van der Waals surface area contributed by atoms with Gasteiger partial charge in [-0.25, -0.2) is 0 Å². The van der Waals surface area contributed by atoms with Crippen molar-refractivity contribution in [1.29, 1.82) is 0 Å². The van der Waals surface area contributed by atoms with E-state index in [1.165, 1.54) is 37.1 Å². The van der Waals surface area contributed by atoms with Crippen LogP contribution in [0.3, 0.4) is 0 Å². The zero-order valence-electron chi connectivity index (χ0n) is 17.7. The van der Waals surface area contributed by atoms with Gasteiger partial charge in [-0.2, -0.15) is 0 Å². The molecule has 2 fully saturated rings. The molecule has 1 aromatic heterocycles. The summed E-state index contributed by atoms with van der Waals surface area (Å²) >= 11 is 0. The van der Waals surface area contributed by atoms with Crippen molar-refractivity contribution in [2.45, 2.75) is 32.4 Å². The number of pyridine rings is 1. The Hall–Kier alpha value is -1.95. The highest BCUT2D eigenvalue weighted by Crippen LogP contribution is 2.32. The highest BCUT2D eigenvalue weighted by molar-refractivity contribution is 5.27. The molecule has 0 aliphatic carbocycles. The standard InChI is InChI=1S/C24H34N4O/c1-2-26-13-15-27(16-14-26)17-18-29-23-9-7-21(8-10-23)20-28-12-4-6-24(28)22-5-3-11-25-19-22/h3,5,7-11,19,24H,2,4,6,12-18,20H2,1H3. The Morgan fingerprint density at radius 2 is 1.79 bits per heavy atom. The predicted molar refractivity (Wildman–Crippen MR) is 117 cm³/mol. The summed E-state index contributed by atoms with van der Waals surface area (Å²) in [5, 5.41) is 0. The molecule has 1 atom stereocenters. The maximum atomic E-state index is 6.00. The molecule has 0 N–H and O–H groups in total. The number of nitrogens with zero attached hydrogens (tertiary/aromatic N) is 4. The van der Waals surface area contributed by atoms with Crippen LogP contribution in [0.5, 0.6) is 5.75 Å². The molecule has 2 aliphatic rings. The summed E-state index contributed by atoms with van der Waals surface area (Å²) in [5.74, 6) is 0.978. The van der Waals surface area contributed by atoms with Crippen molar-refractivity contribution < 1.29 is 4.74 Å². The van der Waals surface area contributed by atoms with Gasteiger partial charge < -0.3 is 9.64 Å². The van der Waals surface area contributed by atoms with Gasteiger partial charge in [-0.1, -0.05) is 25.1 Å². The molecule has 1 aromatic carbocycles. The Labute approximate surface area is 175 Å². The van der Waals surface area contributed by atoms with Crippen LogP contribution in [0, 0.1) is 0 Å². The van der Waals surface area contributed by atoms with Gasteiger partial charge in [0.25, 0.3) is 0 Å². The lowest BCUT2D eigenvalue weighted by atomic mass is 10.1. The van der Waals surface area contributed by atoms with Crippen molar-refractivity contribution in [2.24, 2.45) is 0 Å². The van der Waals surface area contributed by atoms with Crippen LogP contribution in [0.2, 0.25) is 0 Å². The second-order valence-electron chi connectivity index (χ2n) is 8.18. The van der Waals surface area contributed by atoms with Crippen LogP contribution in [0.25, 0.3) is 0 Å². The first kappa shape index (κ1) is 20.3. The molecule has 5 heteroatoms. The molecule has 5 nitrogen and oxygen atoms in total. The van der Waals surface area contributed by atoms with Crippen molar-refractivity contribution in [3.8, 4) is 5.75 Å². The first-order valence-electron chi connectivity index (χ1n) is 11.1. The topological polar surface area (TPSA) is 31.8 Å². The first-order valence-corrected chi connectivity index (χ1v) is 11.1. The first-order chi connectivity index (χ1) is 14.3. The Morgan fingerprint density at radius 3 is 2.52 bits per heavy atom. The average Bonchev–Trinajstić information content (AvgIpc) is 3.24. The maximum absolute atomic E-state index is 6.00. The fraction of sp³-hybridized carbons (Fsp3) is 0.542. The summed E-state index contributed by atoms with van der Waals surface area (Å²) in [4.78, 5) is 11.9. The summed E-state index contributed by atoms with van der Waals surface area (Å²) in [6.45, 7) is 12.0. The third kappa shape index (κ3) is 5.56. The molecule has 2 aliphatic heterocycles. The van der Waals surface area contributed by atoms with E-state index in [4.69, 9.17) is 4.74 Å². The third-order valence-electron chi connectivity index (χ3n) is 6.33. The monoisotopic (exact) mass is 394 g/mol. The van der Waals surface area contributed by atoms with Crippen LogP contribution in [-0.4, -0.2) is 72.1 Å². The number of hydrogen-bond acceptors (Lipinski definition) is 5. The number of aromatic nitrogens is 1. The molecule has 156 valence electrons. The third-order valence-corrected chi connectivity index (χ3v) is 6.33. The Kier molecular flexibility index (Phi) is 7.14. The van der Waals surface area contributed by atoms with E-state index < -0.39 is 0 Å². The summed E-state index contributed by atoms with van der Waals surface area (Å²) in [6, 6.07) is 13.4. The lowest BCUT2D eigenvalue weighted by molar-refractivity contribution is 0.121. The lowest BCUT2D eigenvalue weighted by Crippen LogP contribution is -2.47. The minimum absolute atomic E-state index is 0.493. The highest BCUT2D eigenvalue weighted by Gasteiger charge is 2.26. The number of piperazine rings is 1. The van der Waals surface area contributed by atoms with Crippen LogP contribution in [-0.2, 0) is 6.54 Å². The van der Waals surface area contributed by atoms with Crippen molar-refractivity contribution in [1.82, 2.24) is 19.7 Å². The lowest BCUT2D eigenvalue weighted by Gasteiger charge is -2.33. The molecule has 2 saturated heterocycles. The van der Waals surface area contributed by atoms with E-state index in [9.17, 15) is 0 Å². The van der Waals surface area contributed by atoms with Gasteiger partial charge >= 0.3 is 0 Å². The number of likely N-dealkylation sites (tertiary alicyclic amines) is 1.